The highest BCUT2D eigenvalue weighted by Crippen LogP contribution is 2.39. The van der Waals surface area contributed by atoms with Crippen LogP contribution in [0.5, 0.6) is 0 Å². The molecular formula is C45H53B2N5. The molecule has 52 heavy (non-hydrogen) atoms. The molecule has 2 heterocycles. The van der Waals surface area contributed by atoms with Gasteiger partial charge in [-0.15, -0.1) is 5.11 Å². The highest BCUT2D eigenvalue weighted by molar-refractivity contribution is 6.92. The molecule has 5 aromatic rings. The van der Waals surface area contributed by atoms with Crippen molar-refractivity contribution in [1.82, 2.24) is 4.83 Å². The summed E-state index contributed by atoms with van der Waals surface area (Å²) in [4.78, 5) is 7.84. The molecule has 1 fully saturated rings. The van der Waals surface area contributed by atoms with Crippen LogP contribution in [0.2, 0.25) is 0 Å². The molecule has 2 aliphatic heterocycles. The number of fused-ring (bicyclic) bond motifs is 2. The van der Waals surface area contributed by atoms with Gasteiger partial charge in [0.25, 0.3) is 0 Å². The van der Waals surface area contributed by atoms with Crippen LogP contribution in [0.3, 0.4) is 0 Å². The third kappa shape index (κ3) is 6.44. The summed E-state index contributed by atoms with van der Waals surface area (Å²) in [6, 6.07) is 29.1. The molecule has 5 aromatic carbocycles. The molecule has 0 N–H and O–H groups in total. The third-order valence-electron chi connectivity index (χ3n) is 11.4. The van der Waals surface area contributed by atoms with Crippen molar-refractivity contribution in [1.29, 1.82) is 0 Å². The van der Waals surface area contributed by atoms with Crippen molar-refractivity contribution >= 4 is 41.8 Å². The Kier molecular flexibility index (Phi) is 9.58. The highest BCUT2D eigenvalue weighted by atomic mass is 15.5. The second-order valence-electron chi connectivity index (χ2n) is 15.8. The average molecular weight is 686 g/mol. The van der Waals surface area contributed by atoms with Crippen LogP contribution in [0.15, 0.2) is 89.2 Å². The maximum absolute atomic E-state index is 5.45. The van der Waals surface area contributed by atoms with E-state index in [2.05, 4.69) is 151 Å². The second-order valence-corrected chi connectivity index (χ2v) is 15.8. The molecule has 0 amide bonds. The van der Waals surface area contributed by atoms with Crippen LogP contribution in [-0.2, 0) is 6.42 Å². The smallest absolute Gasteiger partial charge is 0.392 e. The van der Waals surface area contributed by atoms with Crippen molar-refractivity contribution in [3.05, 3.63) is 146 Å². The van der Waals surface area contributed by atoms with Gasteiger partial charge in [-0.2, -0.15) is 0 Å². The van der Waals surface area contributed by atoms with Gasteiger partial charge in [0.1, 0.15) is 0 Å². The number of anilines is 2. The Morgan fingerprint density at radius 3 is 1.58 bits per heavy atom. The van der Waals surface area contributed by atoms with Gasteiger partial charge in [0, 0.05) is 24.5 Å². The third-order valence-corrected chi connectivity index (χ3v) is 11.4. The van der Waals surface area contributed by atoms with E-state index < -0.39 is 0 Å². The summed E-state index contributed by atoms with van der Waals surface area (Å²) in [5.41, 5.74) is 21.9. The molecule has 5 nitrogen and oxygen atoms in total. The van der Waals surface area contributed by atoms with Crippen molar-refractivity contribution < 1.29 is 0 Å². The summed E-state index contributed by atoms with van der Waals surface area (Å²) in [6.45, 7) is 26.4. The molecule has 0 radical (unpaired) electrons. The van der Waals surface area contributed by atoms with Crippen molar-refractivity contribution in [2.24, 2.45) is 10.3 Å². The first kappa shape index (κ1) is 35.6. The molecule has 7 rings (SSSR count). The zero-order valence-corrected chi connectivity index (χ0v) is 33.1. The fraction of sp³-hybridized carbons (Fsp3) is 0.333. The number of hydrogen-bond acceptors (Lipinski definition) is 4. The lowest BCUT2D eigenvalue weighted by Gasteiger charge is -2.51. The Balaban J connectivity index is 1.58. The highest BCUT2D eigenvalue weighted by Gasteiger charge is 2.53. The van der Waals surface area contributed by atoms with Crippen LogP contribution in [-0.4, -0.2) is 37.7 Å². The Morgan fingerprint density at radius 1 is 0.538 bits per heavy atom. The first-order chi connectivity index (χ1) is 24.8. The molecule has 0 bridgehead atoms. The number of aryl methyl sites for hydroxylation is 11. The normalized spacial score (nSPS) is 16.1. The number of hydrogen-bond donors (Lipinski definition) is 0. The molecule has 2 aliphatic rings. The van der Waals surface area contributed by atoms with E-state index in [0.29, 0.717) is 0 Å². The fourth-order valence-electron chi connectivity index (χ4n) is 9.93. The van der Waals surface area contributed by atoms with E-state index in [9.17, 15) is 0 Å². The molecule has 0 aliphatic carbocycles. The fourth-order valence-corrected chi connectivity index (χ4v) is 9.93. The van der Waals surface area contributed by atoms with Crippen LogP contribution in [0.1, 0.15) is 66.8 Å². The topological polar surface area (TPSA) is 34.4 Å². The summed E-state index contributed by atoms with van der Waals surface area (Å²) < 4.78 is 0. The molecule has 0 unspecified atom stereocenters. The van der Waals surface area contributed by atoms with Gasteiger partial charge in [-0.1, -0.05) is 111 Å². The first-order valence-electron chi connectivity index (χ1n) is 18.9. The van der Waals surface area contributed by atoms with Gasteiger partial charge in [-0.05, 0) is 133 Å². The zero-order valence-electron chi connectivity index (χ0n) is 33.1. The molecule has 0 saturated carbocycles. The summed E-state index contributed by atoms with van der Waals surface area (Å²) >= 11 is 0. The van der Waals surface area contributed by atoms with E-state index in [4.69, 9.17) is 10.3 Å². The minimum Gasteiger partial charge on any atom is -0.392 e. The summed E-state index contributed by atoms with van der Waals surface area (Å²) in [5, 5.41) is 10.5. The van der Waals surface area contributed by atoms with Crippen molar-refractivity contribution in [3.8, 4) is 0 Å². The van der Waals surface area contributed by atoms with Gasteiger partial charge < -0.3 is 14.5 Å². The largest absolute Gasteiger partial charge is 0.405 e. The van der Waals surface area contributed by atoms with Crippen LogP contribution in [0, 0.1) is 76.2 Å². The predicted molar refractivity (Wildman–Crippen MR) is 224 cm³/mol. The molecule has 264 valence electrons. The van der Waals surface area contributed by atoms with Gasteiger partial charge in [0.05, 0.1) is 11.6 Å². The first-order valence-corrected chi connectivity index (χ1v) is 18.9. The van der Waals surface area contributed by atoms with E-state index in [-0.39, 0.29) is 19.8 Å². The molecule has 0 aromatic heterocycles. The van der Waals surface area contributed by atoms with E-state index >= 15 is 0 Å². The number of nitrogens with zero attached hydrogens (tertiary/aromatic N) is 5. The minimum atomic E-state index is -0.146. The van der Waals surface area contributed by atoms with Gasteiger partial charge in [-0.3, -0.25) is 0 Å². The second kappa shape index (κ2) is 14.0. The summed E-state index contributed by atoms with van der Waals surface area (Å²) in [6.07, 6.45) is 0.896. The van der Waals surface area contributed by atoms with Crippen molar-refractivity contribution in [2.75, 3.05) is 22.8 Å². The Hall–Kier alpha value is -4.77. The number of benzene rings is 5. The maximum atomic E-state index is 5.45. The molecule has 1 saturated heterocycles. The summed E-state index contributed by atoms with van der Waals surface area (Å²) in [7, 11) is 0. The Labute approximate surface area is 313 Å². The van der Waals surface area contributed by atoms with E-state index in [0.717, 1.165) is 25.2 Å². The van der Waals surface area contributed by atoms with E-state index in [1.54, 1.807) is 0 Å². The van der Waals surface area contributed by atoms with E-state index in [1.807, 2.05) is 18.2 Å². The van der Waals surface area contributed by atoms with Crippen molar-refractivity contribution in [2.45, 2.75) is 88.5 Å². The Morgan fingerprint density at radius 2 is 1.02 bits per heavy atom. The molecular weight excluding hydrogens is 632 g/mol. The van der Waals surface area contributed by atoms with Gasteiger partial charge >= 0.3 is 13.8 Å². The lowest BCUT2D eigenvalue weighted by Crippen LogP contribution is -2.73. The summed E-state index contributed by atoms with van der Waals surface area (Å²) in [5.74, 6) is 0.0830. The molecule has 0 spiro atoms. The van der Waals surface area contributed by atoms with Gasteiger partial charge in [-0.25, -0.2) is 0 Å². The van der Waals surface area contributed by atoms with Crippen LogP contribution >= 0.6 is 0 Å². The zero-order chi connectivity index (χ0) is 37.0. The molecule has 7 heteroatoms. The number of rotatable bonds is 5. The van der Waals surface area contributed by atoms with Crippen molar-refractivity contribution in [3.63, 3.8) is 0 Å². The van der Waals surface area contributed by atoms with Gasteiger partial charge in [0.15, 0.2) is 0 Å². The SMILES string of the molecule is Cc1cc(C)c(B2c3c(C)cc(C)cc3C[C@@H]3B(N2N=Nc2ccccc2)N(c2c(C)cc(C)cc2C)CCN3c2c(C)cc(C)cc2C)c(C)c1. The average Bonchev–Trinajstić information content (AvgIpc) is 3.18. The van der Waals surface area contributed by atoms with Crippen LogP contribution < -0.4 is 20.6 Å². The quantitative estimate of drug-likeness (QED) is 0.137. The van der Waals surface area contributed by atoms with Gasteiger partial charge in [0.2, 0.25) is 0 Å². The maximum Gasteiger partial charge on any atom is 0.405 e. The lowest BCUT2D eigenvalue weighted by molar-refractivity contribution is 0.575. The lowest BCUT2D eigenvalue weighted by atomic mass is 9.42. The monoisotopic (exact) mass is 685 g/mol. The predicted octanol–water partition coefficient (Wildman–Crippen LogP) is 9.16. The Bertz CT molecular complexity index is 2120. The van der Waals surface area contributed by atoms with Crippen LogP contribution in [0.25, 0.3) is 0 Å². The van der Waals surface area contributed by atoms with E-state index in [1.165, 1.54) is 89.1 Å². The van der Waals surface area contributed by atoms with Crippen LogP contribution in [0.4, 0.5) is 17.1 Å². The minimum absolute atomic E-state index is 0.0830. The standard InChI is InChI=1S/C45H53B2N5/c1-28-19-32(5)42(33(6)20-28)46-43-34(7)21-31(4)26-39(43)27-41-47(52(46)49-48-40-15-13-12-14-16-40)51(45-37(10)24-30(3)25-38(45)11)18-17-50(41)44-35(8)22-29(2)23-36(44)9/h12-16,19-26,41H,17-18,27H2,1-11H3/t41-/m1/s1. The molecule has 1 atom stereocenters.